The number of carbonyl (C=O) groups is 2. The highest BCUT2D eigenvalue weighted by atomic mass is 32.2. The molecule has 2 aromatic rings. The Bertz CT molecular complexity index is 1210. The Hall–Kier alpha value is -3.47. The Morgan fingerprint density at radius 3 is 2.16 bits per heavy atom. The van der Waals surface area contributed by atoms with Gasteiger partial charge < -0.3 is 24.4 Å². The highest BCUT2D eigenvalue weighted by Crippen LogP contribution is 2.32. The van der Waals surface area contributed by atoms with Gasteiger partial charge in [-0.3, -0.25) is 13.9 Å². The van der Waals surface area contributed by atoms with Crippen LogP contribution in [0.25, 0.3) is 0 Å². The first-order chi connectivity index (χ1) is 18.1. The molecule has 1 fully saturated rings. The molecule has 2 amide bonds. The summed E-state index contributed by atoms with van der Waals surface area (Å²) in [5, 5.41) is 3.05. The number of rotatable bonds is 12. The Kier molecular flexibility index (Phi) is 9.84. The summed E-state index contributed by atoms with van der Waals surface area (Å²) in [5.74, 6) is 0.626. The lowest BCUT2D eigenvalue weighted by Gasteiger charge is -2.32. The van der Waals surface area contributed by atoms with Gasteiger partial charge in [0.15, 0.2) is 11.5 Å². The SMILES string of the molecule is COc1ccc(CN(C(=O)CN(c2ccc(OC)c(OC)c2)S(C)(=O)=O)C(C)C(=O)NC2CCCC2)cc1. The number of anilines is 1. The first-order valence-corrected chi connectivity index (χ1v) is 14.3. The van der Waals surface area contributed by atoms with Crippen LogP contribution >= 0.6 is 0 Å². The van der Waals surface area contributed by atoms with Crippen LogP contribution in [-0.2, 0) is 26.2 Å². The Balaban J connectivity index is 1.91. The Morgan fingerprint density at radius 2 is 1.61 bits per heavy atom. The number of hydrogen-bond donors (Lipinski definition) is 1. The second-order valence-electron chi connectivity index (χ2n) is 9.34. The number of hydrogen-bond acceptors (Lipinski definition) is 7. The van der Waals surface area contributed by atoms with Crippen molar-refractivity contribution in [2.75, 3.05) is 38.4 Å². The summed E-state index contributed by atoms with van der Waals surface area (Å²) >= 11 is 0. The minimum atomic E-state index is -3.87. The van der Waals surface area contributed by atoms with Gasteiger partial charge in [0.1, 0.15) is 18.3 Å². The van der Waals surface area contributed by atoms with Crippen molar-refractivity contribution in [3.63, 3.8) is 0 Å². The molecule has 3 rings (SSSR count). The van der Waals surface area contributed by atoms with Crippen molar-refractivity contribution in [1.82, 2.24) is 10.2 Å². The number of sulfonamides is 1. The molecule has 0 saturated heterocycles. The van der Waals surface area contributed by atoms with Crippen LogP contribution in [0.3, 0.4) is 0 Å². The first kappa shape index (κ1) is 29.1. The van der Waals surface area contributed by atoms with Gasteiger partial charge in [0.05, 0.1) is 33.3 Å². The third-order valence-corrected chi connectivity index (χ3v) is 7.86. The van der Waals surface area contributed by atoms with Gasteiger partial charge >= 0.3 is 0 Å². The molecule has 10 nitrogen and oxygen atoms in total. The van der Waals surface area contributed by atoms with Gasteiger partial charge in [-0.2, -0.15) is 0 Å². The number of nitrogens with one attached hydrogen (secondary N) is 1. The van der Waals surface area contributed by atoms with Crippen LogP contribution in [0.1, 0.15) is 38.2 Å². The minimum Gasteiger partial charge on any atom is -0.497 e. The molecule has 1 saturated carbocycles. The average molecular weight is 548 g/mol. The highest BCUT2D eigenvalue weighted by Gasteiger charge is 2.31. The van der Waals surface area contributed by atoms with Crippen molar-refractivity contribution in [2.45, 2.75) is 51.2 Å². The molecule has 1 aliphatic carbocycles. The van der Waals surface area contributed by atoms with Gasteiger partial charge in [0.2, 0.25) is 21.8 Å². The van der Waals surface area contributed by atoms with Crippen molar-refractivity contribution in [1.29, 1.82) is 0 Å². The van der Waals surface area contributed by atoms with E-state index in [1.54, 1.807) is 38.3 Å². The van der Waals surface area contributed by atoms with Crippen molar-refractivity contribution < 1.29 is 32.2 Å². The van der Waals surface area contributed by atoms with Crippen molar-refractivity contribution >= 4 is 27.5 Å². The number of ether oxygens (including phenoxy) is 3. The van der Waals surface area contributed by atoms with E-state index in [1.807, 2.05) is 12.1 Å². The molecule has 0 aliphatic heterocycles. The second-order valence-corrected chi connectivity index (χ2v) is 11.3. The van der Waals surface area contributed by atoms with Crippen LogP contribution in [-0.4, -0.2) is 71.3 Å². The highest BCUT2D eigenvalue weighted by molar-refractivity contribution is 7.92. The summed E-state index contributed by atoms with van der Waals surface area (Å²) in [7, 11) is 0.618. The van der Waals surface area contributed by atoms with E-state index in [0.717, 1.165) is 41.8 Å². The van der Waals surface area contributed by atoms with Crippen LogP contribution in [0, 0.1) is 0 Å². The first-order valence-electron chi connectivity index (χ1n) is 12.5. The Labute approximate surface area is 224 Å². The fourth-order valence-corrected chi connectivity index (χ4v) is 5.34. The number of nitrogens with zero attached hydrogens (tertiary/aromatic N) is 2. The summed E-state index contributed by atoms with van der Waals surface area (Å²) in [5.41, 5.74) is 1.02. The molecular formula is C27H37N3O7S. The van der Waals surface area contributed by atoms with Crippen molar-refractivity contribution in [2.24, 2.45) is 0 Å². The van der Waals surface area contributed by atoms with E-state index in [-0.39, 0.29) is 24.2 Å². The molecule has 0 radical (unpaired) electrons. The zero-order valence-electron chi connectivity index (χ0n) is 22.6. The molecule has 0 bridgehead atoms. The van der Waals surface area contributed by atoms with Crippen molar-refractivity contribution in [3.8, 4) is 17.2 Å². The van der Waals surface area contributed by atoms with Crippen molar-refractivity contribution in [3.05, 3.63) is 48.0 Å². The lowest BCUT2D eigenvalue weighted by atomic mass is 10.1. The van der Waals surface area contributed by atoms with Crippen LogP contribution in [0.15, 0.2) is 42.5 Å². The average Bonchev–Trinajstić information content (AvgIpc) is 3.42. The summed E-state index contributed by atoms with van der Waals surface area (Å²) in [6.07, 6.45) is 4.96. The smallest absolute Gasteiger partial charge is 0.244 e. The molecule has 38 heavy (non-hydrogen) atoms. The van der Waals surface area contributed by atoms with E-state index in [4.69, 9.17) is 14.2 Å². The maximum absolute atomic E-state index is 13.7. The van der Waals surface area contributed by atoms with Crippen LogP contribution < -0.4 is 23.8 Å². The predicted octanol–water partition coefficient (Wildman–Crippen LogP) is 2.95. The minimum absolute atomic E-state index is 0.0853. The number of benzene rings is 2. The van der Waals surface area contributed by atoms with E-state index >= 15 is 0 Å². The zero-order valence-corrected chi connectivity index (χ0v) is 23.4. The summed E-state index contributed by atoms with van der Waals surface area (Å²) in [6.45, 7) is 1.28. The normalized spacial score (nSPS) is 14.4. The standard InChI is InChI=1S/C27H37N3O7S/c1-19(27(32)28-21-8-6-7-9-21)29(17-20-10-13-23(35-2)14-11-20)26(31)18-30(38(5,33)34)22-12-15-24(36-3)25(16-22)37-4/h10-16,19,21H,6-9,17-18H2,1-5H3,(H,28,32). The molecule has 2 aromatic carbocycles. The quantitative estimate of drug-likeness (QED) is 0.435. The molecular weight excluding hydrogens is 510 g/mol. The largest absolute Gasteiger partial charge is 0.497 e. The van der Waals surface area contributed by atoms with E-state index in [0.29, 0.717) is 17.2 Å². The monoisotopic (exact) mass is 547 g/mol. The van der Waals surface area contributed by atoms with E-state index in [9.17, 15) is 18.0 Å². The molecule has 0 heterocycles. The van der Waals surface area contributed by atoms with Gasteiger partial charge in [0, 0.05) is 18.7 Å². The fourth-order valence-electron chi connectivity index (χ4n) is 4.50. The summed E-state index contributed by atoms with van der Waals surface area (Å²) in [6, 6.07) is 11.0. The maximum atomic E-state index is 13.7. The molecule has 1 aliphatic rings. The second kappa shape index (κ2) is 12.9. The summed E-state index contributed by atoms with van der Waals surface area (Å²) in [4.78, 5) is 28.3. The van der Waals surface area contributed by atoms with Crippen LogP contribution in [0.2, 0.25) is 0 Å². The molecule has 11 heteroatoms. The molecule has 1 atom stereocenters. The molecule has 208 valence electrons. The maximum Gasteiger partial charge on any atom is 0.244 e. The lowest BCUT2D eigenvalue weighted by molar-refractivity contribution is -0.139. The number of carbonyl (C=O) groups excluding carboxylic acids is 2. The van der Waals surface area contributed by atoms with Crippen LogP contribution in [0.5, 0.6) is 17.2 Å². The molecule has 1 unspecified atom stereocenters. The van der Waals surface area contributed by atoms with E-state index < -0.39 is 28.5 Å². The number of amides is 2. The van der Waals surface area contributed by atoms with Gasteiger partial charge in [-0.1, -0.05) is 25.0 Å². The third kappa shape index (κ3) is 7.31. The Morgan fingerprint density at radius 1 is 0.974 bits per heavy atom. The number of methoxy groups -OCH3 is 3. The van der Waals surface area contributed by atoms with Gasteiger partial charge in [-0.25, -0.2) is 8.42 Å². The van der Waals surface area contributed by atoms with E-state index in [1.165, 1.54) is 25.2 Å². The summed E-state index contributed by atoms with van der Waals surface area (Å²) < 4.78 is 42.4. The van der Waals surface area contributed by atoms with E-state index in [2.05, 4.69) is 5.32 Å². The molecule has 1 N–H and O–H groups in total. The fraction of sp³-hybridized carbons (Fsp3) is 0.481. The van der Waals surface area contributed by atoms with Gasteiger partial charge in [-0.05, 0) is 49.6 Å². The molecule has 0 spiro atoms. The lowest BCUT2D eigenvalue weighted by Crippen LogP contribution is -2.52. The topological polar surface area (TPSA) is 114 Å². The van der Waals surface area contributed by atoms with Gasteiger partial charge in [-0.15, -0.1) is 0 Å². The zero-order chi connectivity index (χ0) is 27.9. The van der Waals surface area contributed by atoms with Crippen LogP contribution in [0.4, 0.5) is 5.69 Å². The third-order valence-electron chi connectivity index (χ3n) is 6.72. The molecule has 0 aromatic heterocycles. The van der Waals surface area contributed by atoms with Gasteiger partial charge in [0.25, 0.3) is 0 Å². The predicted molar refractivity (Wildman–Crippen MR) is 145 cm³/mol.